The molecule has 6 aromatic carbocycles. The van der Waals surface area contributed by atoms with Gasteiger partial charge in [0.05, 0.1) is 28.2 Å². The second kappa shape index (κ2) is 12.4. The predicted molar refractivity (Wildman–Crippen MR) is 223 cm³/mol. The van der Waals surface area contributed by atoms with E-state index in [0.29, 0.717) is 0 Å². The summed E-state index contributed by atoms with van der Waals surface area (Å²) in [6.07, 6.45) is 3.61. The summed E-state index contributed by atoms with van der Waals surface area (Å²) in [6.45, 7) is 0. The molecule has 256 valence electrons. The van der Waals surface area contributed by atoms with Crippen molar-refractivity contribution < 1.29 is 0 Å². The van der Waals surface area contributed by atoms with Crippen LogP contribution in [0.1, 0.15) is 22.3 Å². The van der Waals surface area contributed by atoms with Crippen LogP contribution in [0.3, 0.4) is 0 Å². The molecular weight excluding hydrogens is 667 g/mol. The van der Waals surface area contributed by atoms with Gasteiger partial charge in [0.2, 0.25) is 0 Å². The molecule has 0 amide bonds. The summed E-state index contributed by atoms with van der Waals surface area (Å²) in [7, 11) is 0. The predicted octanol–water partition coefficient (Wildman–Crippen LogP) is 12.6. The molecule has 9 aromatic rings. The highest BCUT2D eigenvalue weighted by Gasteiger charge is 2.51. The van der Waals surface area contributed by atoms with Crippen molar-refractivity contribution in [2.75, 3.05) is 0 Å². The van der Waals surface area contributed by atoms with Gasteiger partial charge in [-0.1, -0.05) is 140 Å². The Hall–Kier alpha value is -7.23. The second-order valence-electron chi connectivity index (χ2n) is 14.4. The summed E-state index contributed by atoms with van der Waals surface area (Å²) in [5.41, 5.74) is 20.6. The number of aromatic nitrogens is 3. The van der Waals surface area contributed by atoms with Crippen LogP contribution in [0.15, 0.2) is 200 Å². The topological polar surface area (TPSA) is 38.7 Å². The van der Waals surface area contributed by atoms with E-state index < -0.39 is 0 Å². The van der Waals surface area contributed by atoms with Gasteiger partial charge in [0.25, 0.3) is 0 Å². The number of hydrogen-bond donors (Lipinski definition) is 0. The maximum atomic E-state index is 4.96. The summed E-state index contributed by atoms with van der Waals surface area (Å²) in [5, 5.41) is 0. The largest absolute Gasteiger partial charge is 0.255 e. The first-order valence-corrected chi connectivity index (χ1v) is 18.8. The SMILES string of the molecule is c1ccc(-c2cc(-c3ccc(-c4cccc(-c5ccc6c(c5)C5(c7ccccc7-c7ccccc75)c5ccccc5-6)c4)cc3)cc(-c3ccccn3)n2)nc1. The van der Waals surface area contributed by atoms with E-state index in [-0.39, 0.29) is 5.41 Å². The van der Waals surface area contributed by atoms with Crippen molar-refractivity contribution in [1.82, 2.24) is 15.0 Å². The van der Waals surface area contributed by atoms with E-state index in [1.54, 1.807) is 12.4 Å². The minimum Gasteiger partial charge on any atom is -0.255 e. The number of rotatable bonds is 5. The molecule has 0 N–H and O–H groups in total. The van der Waals surface area contributed by atoms with Crippen LogP contribution in [-0.2, 0) is 5.41 Å². The molecular formula is C52H33N3. The van der Waals surface area contributed by atoms with Gasteiger partial charge in [0.15, 0.2) is 0 Å². The van der Waals surface area contributed by atoms with Gasteiger partial charge in [0, 0.05) is 12.4 Å². The Kier molecular flexibility index (Phi) is 7.08. The Labute approximate surface area is 320 Å². The van der Waals surface area contributed by atoms with Crippen molar-refractivity contribution in [3.05, 3.63) is 223 Å². The molecule has 55 heavy (non-hydrogen) atoms. The van der Waals surface area contributed by atoms with Crippen LogP contribution in [0.2, 0.25) is 0 Å². The van der Waals surface area contributed by atoms with Crippen LogP contribution in [0.4, 0.5) is 0 Å². The third kappa shape index (κ3) is 4.87. The first kappa shape index (κ1) is 31.3. The monoisotopic (exact) mass is 699 g/mol. The zero-order valence-corrected chi connectivity index (χ0v) is 29.9. The van der Waals surface area contributed by atoms with E-state index >= 15 is 0 Å². The minimum atomic E-state index is -0.359. The average molecular weight is 700 g/mol. The van der Waals surface area contributed by atoms with Crippen molar-refractivity contribution in [2.45, 2.75) is 5.41 Å². The maximum absolute atomic E-state index is 4.96. The quantitative estimate of drug-likeness (QED) is 0.179. The molecule has 0 fully saturated rings. The molecule has 11 rings (SSSR count). The van der Waals surface area contributed by atoms with Gasteiger partial charge in [-0.15, -0.1) is 0 Å². The molecule has 0 saturated carbocycles. The highest BCUT2D eigenvalue weighted by molar-refractivity contribution is 5.96. The number of benzene rings is 6. The van der Waals surface area contributed by atoms with Gasteiger partial charge in [-0.25, -0.2) is 4.98 Å². The van der Waals surface area contributed by atoms with Gasteiger partial charge in [-0.3, -0.25) is 9.97 Å². The van der Waals surface area contributed by atoms with E-state index in [0.717, 1.165) is 33.9 Å². The van der Waals surface area contributed by atoms with Crippen LogP contribution in [-0.4, -0.2) is 15.0 Å². The molecule has 0 bridgehead atoms. The molecule has 0 aliphatic heterocycles. The van der Waals surface area contributed by atoms with Crippen molar-refractivity contribution in [3.8, 4) is 78.4 Å². The fraction of sp³-hybridized carbons (Fsp3) is 0.0192. The van der Waals surface area contributed by atoms with Gasteiger partial charge in [0.1, 0.15) is 0 Å². The van der Waals surface area contributed by atoms with Crippen LogP contribution in [0.5, 0.6) is 0 Å². The van der Waals surface area contributed by atoms with Crippen LogP contribution < -0.4 is 0 Å². The van der Waals surface area contributed by atoms with Crippen LogP contribution in [0, 0.1) is 0 Å². The van der Waals surface area contributed by atoms with Gasteiger partial charge in [-0.05, 0) is 126 Å². The number of fused-ring (bicyclic) bond motifs is 10. The number of nitrogens with zero attached hydrogens (tertiary/aromatic N) is 3. The van der Waals surface area contributed by atoms with E-state index in [1.807, 2.05) is 36.4 Å². The standard InChI is InChI=1S/C52H33N3/c1-4-17-44-40(14-1)41-15-2-5-18-45(41)52(44)46-19-6-3-16-42(46)43-27-26-38(31-47(43)52)37-13-11-12-36(30-37)34-22-24-35(25-23-34)39-32-50(48-20-7-9-28-53-48)55-51(33-39)49-21-8-10-29-54-49/h1-33H. The lowest BCUT2D eigenvalue weighted by Gasteiger charge is -2.30. The zero-order chi connectivity index (χ0) is 36.3. The fourth-order valence-electron chi connectivity index (χ4n) is 9.00. The van der Waals surface area contributed by atoms with Gasteiger partial charge in [-0.2, -0.15) is 0 Å². The molecule has 0 radical (unpaired) electrons. The van der Waals surface area contributed by atoms with E-state index in [1.165, 1.54) is 66.8 Å². The van der Waals surface area contributed by atoms with Gasteiger partial charge >= 0.3 is 0 Å². The lowest BCUT2D eigenvalue weighted by Crippen LogP contribution is -2.25. The van der Waals surface area contributed by atoms with Crippen molar-refractivity contribution in [1.29, 1.82) is 0 Å². The van der Waals surface area contributed by atoms with Gasteiger partial charge < -0.3 is 0 Å². The normalized spacial score (nSPS) is 12.9. The Morgan fingerprint density at radius 1 is 0.273 bits per heavy atom. The molecule has 3 heteroatoms. The Bertz CT molecular complexity index is 2790. The van der Waals surface area contributed by atoms with Crippen molar-refractivity contribution in [2.24, 2.45) is 0 Å². The van der Waals surface area contributed by atoms with Crippen LogP contribution in [0.25, 0.3) is 78.4 Å². The molecule has 2 aliphatic carbocycles. The molecule has 2 aliphatic rings. The average Bonchev–Trinajstić information content (AvgIpc) is 3.74. The highest BCUT2D eigenvalue weighted by atomic mass is 14.8. The maximum Gasteiger partial charge on any atom is 0.0900 e. The summed E-state index contributed by atoms with van der Waals surface area (Å²) in [5.74, 6) is 0. The van der Waals surface area contributed by atoms with Crippen molar-refractivity contribution >= 4 is 0 Å². The van der Waals surface area contributed by atoms with E-state index in [9.17, 15) is 0 Å². The van der Waals surface area contributed by atoms with Crippen LogP contribution >= 0.6 is 0 Å². The molecule has 3 heterocycles. The molecule has 1 spiro atoms. The Balaban J connectivity index is 0.986. The van der Waals surface area contributed by atoms with E-state index in [4.69, 9.17) is 4.98 Å². The minimum absolute atomic E-state index is 0.359. The Morgan fingerprint density at radius 3 is 1.24 bits per heavy atom. The second-order valence-corrected chi connectivity index (χ2v) is 14.4. The third-order valence-electron chi connectivity index (χ3n) is 11.4. The molecule has 0 unspecified atom stereocenters. The molecule has 3 nitrogen and oxygen atoms in total. The molecule has 3 aromatic heterocycles. The number of pyridine rings is 3. The fourth-order valence-corrected chi connectivity index (χ4v) is 9.00. The van der Waals surface area contributed by atoms with E-state index in [2.05, 4.69) is 162 Å². The molecule has 0 saturated heterocycles. The summed E-state index contributed by atoms with van der Waals surface area (Å²) in [4.78, 5) is 14.1. The summed E-state index contributed by atoms with van der Waals surface area (Å²) >= 11 is 0. The first-order chi connectivity index (χ1) is 27.3. The Morgan fingerprint density at radius 2 is 0.709 bits per heavy atom. The summed E-state index contributed by atoms with van der Waals surface area (Å²) < 4.78 is 0. The first-order valence-electron chi connectivity index (χ1n) is 18.8. The third-order valence-corrected chi connectivity index (χ3v) is 11.4. The lowest BCUT2D eigenvalue weighted by atomic mass is 9.70. The number of hydrogen-bond acceptors (Lipinski definition) is 3. The lowest BCUT2D eigenvalue weighted by molar-refractivity contribution is 0.794. The highest BCUT2D eigenvalue weighted by Crippen LogP contribution is 2.63. The zero-order valence-electron chi connectivity index (χ0n) is 29.9. The van der Waals surface area contributed by atoms with Crippen molar-refractivity contribution in [3.63, 3.8) is 0 Å². The molecule has 0 atom stereocenters. The summed E-state index contributed by atoms with van der Waals surface area (Å²) in [6, 6.07) is 67.9. The smallest absolute Gasteiger partial charge is 0.0900 e.